The normalized spacial score (nSPS) is 10.1. The number of rotatable bonds is 8. The summed E-state index contributed by atoms with van der Waals surface area (Å²) in [6, 6.07) is 10.3. The highest BCUT2D eigenvalue weighted by atomic mass is 35.5. The first-order chi connectivity index (χ1) is 11.1. The van der Waals surface area contributed by atoms with Gasteiger partial charge in [0.1, 0.15) is 23.0 Å². The second-order valence-electron chi connectivity index (χ2n) is 4.38. The monoisotopic (exact) mass is 353 g/mol. The van der Waals surface area contributed by atoms with Gasteiger partial charge in [-0.3, -0.25) is 0 Å². The highest BCUT2D eigenvalue weighted by Gasteiger charge is 2.09. The van der Waals surface area contributed by atoms with E-state index in [0.29, 0.717) is 46.3 Å². The Morgan fingerprint density at radius 2 is 1.22 bits per heavy atom. The third kappa shape index (κ3) is 5.15. The van der Waals surface area contributed by atoms with Crippen molar-refractivity contribution >= 4 is 30.9 Å². The molecule has 2 aromatic rings. The van der Waals surface area contributed by atoms with Crippen molar-refractivity contribution in [2.45, 2.75) is 13.8 Å². The molecule has 0 atom stereocenters. The Hall–Kier alpha value is -1.72. The Morgan fingerprint density at radius 1 is 0.783 bits per heavy atom. The van der Waals surface area contributed by atoms with Crippen LogP contribution in [-0.4, -0.2) is 20.9 Å². The van der Waals surface area contributed by atoms with Gasteiger partial charge in [0.25, 0.3) is 0 Å². The number of halogens is 2. The molecular formula is C16H16BCl2O4. The van der Waals surface area contributed by atoms with E-state index in [0.717, 1.165) is 0 Å². The first-order valence-electron chi connectivity index (χ1n) is 7.13. The largest absolute Gasteiger partial charge is 0.658 e. The molecule has 0 saturated heterocycles. The third-order valence-corrected chi connectivity index (χ3v) is 3.37. The molecule has 0 bridgehead atoms. The standard InChI is InChI=1S/C16H16BCl2O4/c1-3-20-11-5-7-15(13(18)9-11)22-17-23-16-8-6-12(21-4-2)10-14(16)19/h5-10H,3-4H2,1-2H3. The third-order valence-electron chi connectivity index (χ3n) is 2.78. The fraction of sp³-hybridized carbons (Fsp3) is 0.250. The molecule has 0 saturated carbocycles. The highest BCUT2D eigenvalue weighted by molar-refractivity contribution is 6.34. The van der Waals surface area contributed by atoms with E-state index in [-0.39, 0.29) is 0 Å². The van der Waals surface area contributed by atoms with Gasteiger partial charge in [-0.05, 0) is 38.1 Å². The maximum atomic E-state index is 6.11. The van der Waals surface area contributed by atoms with Crippen LogP contribution >= 0.6 is 23.2 Å². The molecule has 2 rings (SSSR count). The molecule has 0 aliphatic heterocycles. The van der Waals surface area contributed by atoms with Crippen LogP contribution in [0.2, 0.25) is 10.0 Å². The van der Waals surface area contributed by atoms with Crippen LogP contribution in [0.3, 0.4) is 0 Å². The molecule has 0 N–H and O–H groups in total. The van der Waals surface area contributed by atoms with E-state index in [1.807, 2.05) is 13.8 Å². The predicted octanol–water partition coefficient (Wildman–Crippen LogP) is 4.78. The lowest BCUT2D eigenvalue weighted by Crippen LogP contribution is -2.11. The van der Waals surface area contributed by atoms with Crippen LogP contribution in [-0.2, 0) is 0 Å². The molecule has 0 spiro atoms. The fourth-order valence-corrected chi connectivity index (χ4v) is 2.23. The van der Waals surface area contributed by atoms with Crippen LogP contribution in [0.15, 0.2) is 36.4 Å². The van der Waals surface area contributed by atoms with Gasteiger partial charge in [-0.25, -0.2) is 0 Å². The molecule has 4 nitrogen and oxygen atoms in total. The quantitative estimate of drug-likeness (QED) is 0.640. The number of hydrogen-bond acceptors (Lipinski definition) is 4. The summed E-state index contributed by atoms with van der Waals surface area (Å²) < 4.78 is 21.5. The van der Waals surface area contributed by atoms with Crippen molar-refractivity contribution in [3.05, 3.63) is 46.4 Å². The summed E-state index contributed by atoms with van der Waals surface area (Å²) in [5.41, 5.74) is 0. The summed E-state index contributed by atoms with van der Waals surface area (Å²) in [6.07, 6.45) is 0. The number of hydrogen-bond donors (Lipinski definition) is 0. The van der Waals surface area contributed by atoms with Gasteiger partial charge in [0, 0.05) is 12.1 Å². The predicted molar refractivity (Wildman–Crippen MR) is 92.3 cm³/mol. The molecule has 1 radical (unpaired) electrons. The van der Waals surface area contributed by atoms with Crippen molar-refractivity contribution in [2.24, 2.45) is 0 Å². The van der Waals surface area contributed by atoms with Crippen molar-refractivity contribution in [3.63, 3.8) is 0 Å². The molecule has 0 aliphatic rings. The Balaban J connectivity index is 1.92. The van der Waals surface area contributed by atoms with Crippen LogP contribution in [0.4, 0.5) is 0 Å². The fourth-order valence-electron chi connectivity index (χ4n) is 1.79. The minimum atomic E-state index is 0.425. The summed E-state index contributed by atoms with van der Waals surface area (Å²) >= 11 is 12.2. The van der Waals surface area contributed by atoms with E-state index < -0.39 is 0 Å². The van der Waals surface area contributed by atoms with E-state index in [1.165, 1.54) is 7.69 Å². The van der Waals surface area contributed by atoms with Crippen LogP contribution in [0.5, 0.6) is 23.0 Å². The van der Waals surface area contributed by atoms with Gasteiger partial charge in [0.15, 0.2) is 0 Å². The SMILES string of the molecule is CCOc1ccc(O[B]Oc2ccc(OCC)cc2Cl)c(Cl)c1. The molecule has 0 fully saturated rings. The minimum absolute atomic E-state index is 0.425. The van der Waals surface area contributed by atoms with Gasteiger partial charge in [0.2, 0.25) is 0 Å². The van der Waals surface area contributed by atoms with E-state index in [1.54, 1.807) is 36.4 Å². The van der Waals surface area contributed by atoms with Crippen molar-refractivity contribution in [1.29, 1.82) is 0 Å². The lowest BCUT2D eigenvalue weighted by Gasteiger charge is -2.11. The Morgan fingerprint density at radius 3 is 1.57 bits per heavy atom. The minimum Gasteiger partial charge on any atom is -0.525 e. The second kappa shape index (κ2) is 8.80. The van der Waals surface area contributed by atoms with Crippen molar-refractivity contribution < 1.29 is 18.8 Å². The summed E-state index contributed by atoms with van der Waals surface area (Å²) in [6.45, 7) is 4.95. The van der Waals surface area contributed by atoms with Crippen LogP contribution in [0, 0.1) is 0 Å². The first kappa shape index (κ1) is 17.6. The van der Waals surface area contributed by atoms with Gasteiger partial charge >= 0.3 is 7.69 Å². The van der Waals surface area contributed by atoms with Crippen molar-refractivity contribution in [2.75, 3.05) is 13.2 Å². The van der Waals surface area contributed by atoms with Gasteiger partial charge in [-0.15, -0.1) is 0 Å². The number of ether oxygens (including phenoxy) is 2. The summed E-state index contributed by atoms with van der Waals surface area (Å²) in [4.78, 5) is 0. The Kier molecular flexibility index (Phi) is 6.75. The average molecular weight is 354 g/mol. The summed E-state index contributed by atoms with van der Waals surface area (Å²) in [7, 11) is 1.17. The van der Waals surface area contributed by atoms with E-state index in [9.17, 15) is 0 Å². The molecule has 7 heteroatoms. The maximum absolute atomic E-state index is 6.11. The van der Waals surface area contributed by atoms with E-state index in [4.69, 9.17) is 42.0 Å². The Bertz CT molecular complexity index is 596. The van der Waals surface area contributed by atoms with Crippen molar-refractivity contribution in [3.8, 4) is 23.0 Å². The summed E-state index contributed by atoms with van der Waals surface area (Å²) in [5, 5.41) is 0.849. The topological polar surface area (TPSA) is 36.9 Å². The molecule has 2 aromatic carbocycles. The molecule has 0 aromatic heterocycles. The van der Waals surface area contributed by atoms with Gasteiger partial charge in [0.05, 0.1) is 23.3 Å². The molecule has 121 valence electrons. The molecule has 0 aliphatic carbocycles. The van der Waals surface area contributed by atoms with Gasteiger partial charge in [-0.1, -0.05) is 23.2 Å². The zero-order valence-electron chi connectivity index (χ0n) is 12.8. The van der Waals surface area contributed by atoms with Crippen LogP contribution < -0.4 is 18.8 Å². The lowest BCUT2D eigenvalue weighted by atomic mass is 10.2. The smallest absolute Gasteiger partial charge is 0.525 e. The second-order valence-corrected chi connectivity index (χ2v) is 5.20. The zero-order valence-corrected chi connectivity index (χ0v) is 14.4. The molecular weight excluding hydrogens is 338 g/mol. The molecule has 0 heterocycles. The zero-order chi connectivity index (χ0) is 16.7. The van der Waals surface area contributed by atoms with E-state index in [2.05, 4.69) is 0 Å². The average Bonchev–Trinajstić information content (AvgIpc) is 2.52. The van der Waals surface area contributed by atoms with Gasteiger partial charge < -0.3 is 18.8 Å². The first-order valence-corrected chi connectivity index (χ1v) is 7.89. The molecule has 23 heavy (non-hydrogen) atoms. The van der Waals surface area contributed by atoms with Crippen LogP contribution in [0.1, 0.15) is 13.8 Å². The maximum Gasteiger partial charge on any atom is 0.658 e. The Labute approximate surface area is 146 Å². The van der Waals surface area contributed by atoms with Gasteiger partial charge in [-0.2, -0.15) is 0 Å². The molecule has 0 unspecified atom stereocenters. The van der Waals surface area contributed by atoms with Crippen LogP contribution in [0.25, 0.3) is 0 Å². The number of benzene rings is 2. The van der Waals surface area contributed by atoms with Crippen molar-refractivity contribution in [1.82, 2.24) is 0 Å². The summed E-state index contributed by atoms with van der Waals surface area (Å²) in [5.74, 6) is 2.27. The highest BCUT2D eigenvalue weighted by Crippen LogP contribution is 2.30. The van der Waals surface area contributed by atoms with E-state index >= 15 is 0 Å². The molecule has 0 amide bonds. The lowest BCUT2D eigenvalue weighted by molar-refractivity contribution is 0.339.